The van der Waals surface area contributed by atoms with E-state index in [1.807, 2.05) is 45.2 Å². The number of nitriles is 1. The number of carbonyl (C=O) groups excluding carboxylic acids is 1. The number of piperidine rings is 1. The summed E-state index contributed by atoms with van der Waals surface area (Å²) in [6.07, 6.45) is 6.27. The van der Waals surface area contributed by atoms with Crippen molar-refractivity contribution in [2.24, 2.45) is 0 Å². The normalized spacial score (nSPS) is 19.2. The van der Waals surface area contributed by atoms with E-state index < -0.39 is 0 Å². The molecule has 11 nitrogen and oxygen atoms in total. The first kappa shape index (κ1) is 28.6. The van der Waals surface area contributed by atoms with E-state index in [-0.39, 0.29) is 17.7 Å². The van der Waals surface area contributed by atoms with Gasteiger partial charge in [0, 0.05) is 62.6 Å². The van der Waals surface area contributed by atoms with Crippen molar-refractivity contribution in [2.75, 3.05) is 50.8 Å². The third kappa shape index (κ3) is 6.55. The number of hydrogen-bond acceptors (Lipinski definition) is 9. The molecular weight excluding hydrogens is 520 g/mol. The lowest BCUT2D eigenvalue weighted by Crippen LogP contribution is -2.63. The van der Waals surface area contributed by atoms with Crippen molar-refractivity contribution < 1.29 is 14.3 Å². The van der Waals surface area contributed by atoms with Gasteiger partial charge in [-0.3, -0.25) is 4.90 Å². The molecule has 0 aliphatic carbocycles. The Morgan fingerprint density at radius 2 is 2.07 bits per heavy atom. The van der Waals surface area contributed by atoms with E-state index in [1.54, 1.807) is 16.9 Å². The molecule has 218 valence electrons. The minimum Gasteiger partial charge on any atom is -0.492 e. The number of carbonyl (C=O) groups is 1. The molecule has 2 fully saturated rings. The molecule has 3 aromatic rings. The van der Waals surface area contributed by atoms with Crippen LogP contribution in [-0.4, -0.2) is 89.2 Å². The SMILES string of the molecule is CCOc1cc(-c2ccc(N3CCC(CN4CCN[C@@H](C)C4)(NC(=O)OC(C)C)CC3)nc2)c2c(C#N)cnn2c1. The number of hydrogen-bond donors (Lipinski definition) is 2. The van der Waals surface area contributed by atoms with Crippen LogP contribution in [0, 0.1) is 11.3 Å². The third-order valence-corrected chi connectivity index (χ3v) is 7.81. The third-order valence-electron chi connectivity index (χ3n) is 7.81. The van der Waals surface area contributed by atoms with E-state index >= 15 is 0 Å². The molecule has 5 rings (SSSR count). The van der Waals surface area contributed by atoms with Crippen LogP contribution in [0.15, 0.2) is 36.8 Å². The number of ether oxygens (including phenoxy) is 2. The van der Waals surface area contributed by atoms with Crippen molar-refractivity contribution >= 4 is 17.4 Å². The number of aromatic nitrogens is 3. The number of rotatable bonds is 8. The van der Waals surface area contributed by atoms with Gasteiger partial charge in [0.15, 0.2) is 0 Å². The van der Waals surface area contributed by atoms with Gasteiger partial charge < -0.3 is 25.0 Å². The molecule has 2 N–H and O–H groups in total. The summed E-state index contributed by atoms with van der Waals surface area (Å²) in [6, 6.07) is 8.65. The van der Waals surface area contributed by atoms with Gasteiger partial charge in [0.25, 0.3) is 0 Å². The Hall–Kier alpha value is -3.88. The minimum absolute atomic E-state index is 0.170. The van der Waals surface area contributed by atoms with Crippen LogP contribution >= 0.6 is 0 Å². The number of amides is 1. The quantitative estimate of drug-likeness (QED) is 0.427. The molecule has 0 aromatic carbocycles. The van der Waals surface area contributed by atoms with Crippen LogP contribution < -0.4 is 20.3 Å². The molecule has 3 aromatic heterocycles. The number of nitrogens with one attached hydrogen (secondary N) is 2. The van der Waals surface area contributed by atoms with Crippen molar-refractivity contribution in [1.82, 2.24) is 30.1 Å². The number of fused-ring (bicyclic) bond motifs is 1. The molecule has 0 spiro atoms. The summed E-state index contributed by atoms with van der Waals surface area (Å²) in [5.74, 6) is 1.57. The van der Waals surface area contributed by atoms with E-state index in [9.17, 15) is 10.1 Å². The van der Waals surface area contributed by atoms with E-state index in [2.05, 4.69) is 38.5 Å². The van der Waals surface area contributed by atoms with Crippen LogP contribution in [0.1, 0.15) is 46.1 Å². The van der Waals surface area contributed by atoms with Crippen molar-refractivity contribution in [3.63, 3.8) is 0 Å². The zero-order valence-corrected chi connectivity index (χ0v) is 24.4. The fourth-order valence-electron chi connectivity index (χ4n) is 5.91. The largest absolute Gasteiger partial charge is 0.492 e. The average Bonchev–Trinajstić information content (AvgIpc) is 3.36. The predicted octanol–water partition coefficient (Wildman–Crippen LogP) is 3.43. The molecule has 2 aliphatic heterocycles. The first-order chi connectivity index (χ1) is 19.8. The summed E-state index contributed by atoms with van der Waals surface area (Å²) < 4.78 is 12.9. The fraction of sp³-hybridized carbons (Fsp3) is 0.533. The Morgan fingerprint density at radius 3 is 2.73 bits per heavy atom. The van der Waals surface area contributed by atoms with Crippen molar-refractivity contribution in [2.45, 2.75) is 58.2 Å². The molecule has 0 bridgehead atoms. The molecule has 1 amide bonds. The Kier molecular flexibility index (Phi) is 8.61. The summed E-state index contributed by atoms with van der Waals surface area (Å²) in [5.41, 5.74) is 2.60. The molecular formula is C30H40N8O3. The summed E-state index contributed by atoms with van der Waals surface area (Å²) >= 11 is 0. The molecule has 2 saturated heterocycles. The number of anilines is 1. The predicted molar refractivity (Wildman–Crippen MR) is 157 cm³/mol. The van der Waals surface area contributed by atoms with Crippen LogP contribution in [0.2, 0.25) is 0 Å². The first-order valence-corrected chi connectivity index (χ1v) is 14.5. The average molecular weight is 561 g/mol. The van der Waals surface area contributed by atoms with Crippen molar-refractivity contribution in [3.8, 4) is 22.9 Å². The second-order valence-corrected chi connectivity index (χ2v) is 11.3. The highest BCUT2D eigenvalue weighted by Crippen LogP contribution is 2.32. The molecule has 0 radical (unpaired) electrons. The van der Waals surface area contributed by atoms with Gasteiger partial charge in [-0.1, -0.05) is 0 Å². The van der Waals surface area contributed by atoms with Crippen LogP contribution in [-0.2, 0) is 4.74 Å². The van der Waals surface area contributed by atoms with Gasteiger partial charge in [0.05, 0.1) is 41.7 Å². The second kappa shape index (κ2) is 12.3. The lowest BCUT2D eigenvalue weighted by molar-refractivity contribution is 0.0832. The van der Waals surface area contributed by atoms with Crippen molar-refractivity contribution in [1.29, 1.82) is 5.26 Å². The van der Waals surface area contributed by atoms with Gasteiger partial charge in [-0.05, 0) is 58.7 Å². The zero-order chi connectivity index (χ0) is 29.0. The summed E-state index contributed by atoms with van der Waals surface area (Å²) in [6.45, 7) is 13.6. The lowest BCUT2D eigenvalue weighted by atomic mass is 9.86. The zero-order valence-electron chi connectivity index (χ0n) is 24.4. The molecule has 0 saturated carbocycles. The number of pyridine rings is 2. The van der Waals surface area contributed by atoms with E-state index in [0.29, 0.717) is 24.0 Å². The Labute approximate surface area is 241 Å². The summed E-state index contributed by atoms with van der Waals surface area (Å²) in [7, 11) is 0. The monoisotopic (exact) mass is 560 g/mol. The smallest absolute Gasteiger partial charge is 0.407 e. The van der Waals surface area contributed by atoms with Gasteiger partial charge in [0.1, 0.15) is 17.6 Å². The standard InChI is InChI=1S/C30H40N8O3/c1-5-40-25-14-26(28-24(15-31)17-34-38(28)19-25)23-6-7-27(33-16-23)37-11-8-30(9-12-37,35-29(39)41-21(2)3)20-36-13-10-32-22(4)18-36/h6-7,14,16-17,19,21-22,32H,5,8-13,18,20H2,1-4H3,(H,35,39)/t22-/m0/s1. The van der Waals surface area contributed by atoms with E-state index in [1.165, 1.54) is 0 Å². The highest BCUT2D eigenvalue weighted by Gasteiger charge is 2.39. The Bertz CT molecular complexity index is 1390. The van der Waals surface area contributed by atoms with Crippen molar-refractivity contribution in [3.05, 3.63) is 42.4 Å². The molecule has 5 heterocycles. The topological polar surface area (TPSA) is 120 Å². The second-order valence-electron chi connectivity index (χ2n) is 11.3. The van der Waals surface area contributed by atoms with E-state index in [4.69, 9.17) is 14.5 Å². The van der Waals surface area contributed by atoms with Gasteiger partial charge >= 0.3 is 6.09 Å². The maximum absolute atomic E-state index is 12.7. The van der Waals surface area contributed by atoms with Gasteiger partial charge in [-0.2, -0.15) is 10.4 Å². The molecule has 11 heteroatoms. The van der Waals surface area contributed by atoms with Crippen LogP contribution in [0.3, 0.4) is 0 Å². The molecule has 1 atom stereocenters. The van der Waals surface area contributed by atoms with Gasteiger partial charge in [-0.25, -0.2) is 14.3 Å². The minimum atomic E-state index is -0.361. The fourth-order valence-corrected chi connectivity index (χ4v) is 5.91. The number of piperazine rings is 1. The Balaban J connectivity index is 1.33. The lowest BCUT2D eigenvalue weighted by Gasteiger charge is -2.46. The van der Waals surface area contributed by atoms with E-state index in [0.717, 1.165) is 74.6 Å². The molecule has 2 aliphatic rings. The summed E-state index contributed by atoms with van der Waals surface area (Å²) in [5, 5.41) is 20.7. The van der Waals surface area contributed by atoms with Crippen LogP contribution in [0.4, 0.5) is 10.6 Å². The summed E-state index contributed by atoms with van der Waals surface area (Å²) in [4.78, 5) is 22.2. The first-order valence-electron chi connectivity index (χ1n) is 14.5. The van der Waals surface area contributed by atoms with Crippen LogP contribution in [0.5, 0.6) is 5.75 Å². The highest BCUT2D eigenvalue weighted by molar-refractivity contribution is 5.85. The maximum Gasteiger partial charge on any atom is 0.407 e. The Morgan fingerprint density at radius 1 is 1.27 bits per heavy atom. The van der Waals surface area contributed by atoms with Gasteiger partial charge in [-0.15, -0.1) is 0 Å². The molecule has 0 unspecified atom stereocenters. The highest BCUT2D eigenvalue weighted by atomic mass is 16.6. The number of nitrogens with zero attached hydrogens (tertiary/aromatic N) is 6. The van der Waals surface area contributed by atoms with Gasteiger partial charge in [0.2, 0.25) is 0 Å². The maximum atomic E-state index is 12.7. The number of alkyl carbamates (subject to hydrolysis) is 1. The molecule has 41 heavy (non-hydrogen) atoms. The van der Waals surface area contributed by atoms with Crippen LogP contribution in [0.25, 0.3) is 16.6 Å².